The van der Waals surface area contributed by atoms with Crippen LogP contribution < -0.4 is 0 Å². The lowest BCUT2D eigenvalue weighted by atomic mass is 10.3. The summed E-state index contributed by atoms with van der Waals surface area (Å²) in [6.07, 6.45) is 4.71. The highest BCUT2D eigenvalue weighted by Gasteiger charge is 2.10. The Morgan fingerprint density at radius 2 is 2.40 bits per heavy atom. The second kappa shape index (κ2) is 3.81. The van der Waals surface area contributed by atoms with E-state index in [1.54, 1.807) is 6.08 Å². The van der Waals surface area contributed by atoms with E-state index in [4.69, 9.17) is 0 Å². The number of allylic oxidation sites excluding steroid dienone is 2. The van der Waals surface area contributed by atoms with Gasteiger partial charge in [0.15, 0.2) is 5.78 Å². The molecule has 2 heteroatoms. The van der Waals surface area contributed by atoms with E-state index in [1.165, 1.54) is 11.3 Å². The summed E-state index contributed by atoms with van der Waals surface area (Å²) in [4.78, 5) is 12.0. The van der Waals surface area contributed by atoms with Gasteiger partial charge in [-0.3, -0.25) is 4.79 Å². The fourth-order valence-electron chi connectivity index (χ4n) is 0.917. The molecule has 0 aliphatic heterocycles. The minimum atomic E-state index is 0.304. The first-order chi connectivity index (χ1) is 4.83. The Kier molecular flexibility index (Phi) is 3.00. The smallest absolute Gasteiger partial charge is 0.156 e. The van der Waals surface area contributed by atoms with Gasteiger partial charge in [0, 0.05) is 6.42 Å². The van der Waals surface area contributed by atoms with Gasteiger partial charge in [-0.2, -0.15) is 0 Å². The third-order valence-electron chi connectivity index (χ3n) is 1.43. The van der Waals surface area contributed by atoms with Crippen LogP contribution in [0, 0.1) is 0 Å². The third kappa shape index (κ3) is 2.18. The van der Waals surface area contributed by atoms with Crippen LogP contribution in [0.5, 0.6) is 0 Å². The predicted octanol–water partition coefficient (Wildman–Crippen LogP) is 2.38. The molecule has 0 amide bonds. The molecule has 0 bridgehead atoms. The van der Waals surface area contributed by atoms with Crippen molar-refractivity contribution in [2.24, 2.45) is 0 Å². The fraction of sp³-hybridized carbons (Fsp3) is 0.625. The molecule has 56 valence electrons. The molecule has 1 rings (SSSR count). The van der Waals surface area contributed by atoms with Crippen LogP contribution in [-0.4, -0.2) is 11.5 Å². The third-order valence-corrected chi connectivity index (χ3v) is 2.74. The molecule has 0 N–H and O–H groups in total. The Hall–Kier alpha value is -0.240. The highest BCUT2D eigenvalue weighted by Crippen LogP contribution is 2.26. The zero-order valence-electron chi connectivity index (χ0n) is 6.22. The predicted molar refractivity (Wildman–Crippen MR) is 45.1 cm³/mol. The van der Waals surface area contributed by atoms with Crippen LogP contribution in [-0.2, 0) is 4.79 Å². The zero-order valence-corrected chi connectivity index (χ0v) is 7.04. The van der Waals surface area contributed by atoms with Crippen molar-refractivity contribution in [3.8, 4) is 0 Å². The Morgan fingerprint density at radius 1 is 1.60 bits per heavy atom. The van der Waals surface area contributed by atoms with E-state index in [2.05, 4.69) is 6.92 Å². The normalized spacial score (nSPS) is 17.7. The minimum Gasteiger partial charge on any atom is -0.295 e. The van der Waals surface area contributed by atoms with E-state index in [1.807, 2.05) is 11.8 Å². The number of rotatable bonds is 3. The Labute approximate surface area is 65.9 Å². The number of ketones is 1. The van der Waals surface area contributed by atoms with Gasteiger partial charge >= 0.3 is 0 Å². The molecule has 1 aliphatic rings. The summed E-state index contributed by atoms with van der Waals surface area (Å²) < 4.78 is 0. The van der Waals surface area contributed by atoms with Crippen molar-refractivity contribution >= 4 is 17.5 Å². The molecule has 0 aromatic rings. The van der Waals surface area contributed by atoms with Gasteiger partial charge in [-0.1, -0.05) is 6.92 Å². The topological polar surface area (TPSA) is 17.1 Å². The first-order valence-electron chi connectivity index (χ1n) is 3.69. The summed E-state index contributed by atoms with van der Waals surface area (Å²) >= 11 is 1.83. The molecule has 1 nitrogen and oxygen atoms in total. The first-order valence-corrected chi connectivity index (χ1v) is 4.67. The summed E-state index contributed by atoms with van der Waals surface area (Å²) in [5.41, 5.74) is 0. The molecule has 0 saturated heterocycles. The lowest BCUT2D eigenvalue weighted by Crippen LogP contribution is -1.80. The van der Waals surface area contributed by atoms with Gasteiger partial charge in [0.1, 0.15) is 0 Å². The number of hydrogen-bond donors (Lipinski definition) is 0. The molecule has 0 aromatic heterocycles. The summed E-state index contributed by atoms with van der Waals surface area (Å²) in [7, 11) is 0. The summed E-state index contributed by atoms with van der Waals surface area (Å²) in [5, 5.41) is 0. The van der Waals surface area contributed by atoms with Crippen molar-refractivity contribution in [1.82, 2.24) is 0 Å². The lowest BCUT2D eigenvalue weighted by molar-refractivity contribution is -0.114. The average molecular weight is 156 g/mol. The molecular formula is C8H12OS. The molecule has 1 aliphatic carbocycles. The molecule has 0 aromatic carbocycles. The fourth-order valence-corrected chi connectivity index (χ4v) is 1.84. The van der Waals surface area contributed by atoms with Gasteiger partial charge in [-0.05, 0) is 29.6 Å². The number of carbonyl (C=O) groups excluding carboxylic acids is 1. The Bertz CT molecular complexity index is 161. The lowest BCUT2D eigenvalue weighted by Gasteiger charge is -1.95. The highest BCUT2D eigenvalue weighted by molar-refractivity contribution is 8.03. The summed E-state index contributed by atoms with van der Waals surface area (Å²) in [6, 6.07) is 0. The number of carbonyl (C=O) groups is 1. The highest BCUT2D eigenvalue weighted by atomic mass is 32.2. The standard InChI is InChI=1S/C8H12OS/c1-2-5-10-8-4-3-7(9)6-8/h6H,2-5H2,1H3. The largest absolute Gasteiger partial charge is 0.295 e. The summed E-state index contributed by atoms with van der Waals surface area (Å²) in [6.45, 7) is 2.16. The van der Waals surface area contributed by atoms with Crippen molar-refractivity contribution in [2.45, 2.75) is 26.2 Å². The van der Waals surface area contributed by atoms with E-state index < -0.39 is 0 Å². The molecule has 0 fully saturated rings. The Balaban J connectivity index is 2.28. The molecule has 0 heterocycles. The quantitative estimate of drug-likeness (QED) is 0.624. The van der Waals surface area contributed by atoms with E-state index in [0.29, 0.717) is 5.78 Å². The van der Waals surface area contributed by atoms with Crippen LogP contribution >= 0.6 is 11.8 Å². The van der Waals surface area contributed by atoms with E-state index in [0.717, 1.165) is 18.6 Å². The molecule has 0 spiro atoms. The molecule has 0 radical (unpaired) electrons. The van der Waals surface area contributed by atoms with Gasteiger partial charge in [-0.25, -0.2) is 0 Å². The van der Waals surface area contributed by atoms with Crippen LogP contribution in [0.15, 0.2) is 11.0 Å². The maximum Gasteiger partial charge on any atom is 0.156 e. The molecule has 0 atom stereocenters. The zero-order chi connectivity index (χ0) is 7.40. The van der Waals surface area contributed by atoms with Crippen LogP contribution in [0.1, 0.15) is 26.2 Å². The average Bonchev–Trinajstić information content (AvgIpc) is 2.31. The van der Waals surface area contributed by atoms with Crippen molar-refractivity contribution in [3.63, 3.8) is 0 Å². The minimum absolute atomic E-state index is 0.304. The molecule has 0 saturated carbocycles. The van der Waals surface area contributed by atoms with Gasteiger partial charge in [0.2, 0.25) is 0 Å². The van der Waals surface area contributed by atoms with Crippen LogP contribution in [0.4, 0.5) is 0 Å². The van der Waals surface area contributed by atoms with Crippen LogP contribution in [0.3, 0.4) is 0 Å². The molecule has 0 unspecified atom stereocenters. The van der Waals surface area contributed by atoms with E-state index >= 15 is 0 Å². The second-order valence-electron chi connectivity index (χ2n) is 2.43. The van der Waals surface area contributed by atoms with Crippen molar-refractivity contribution in [3.05, 3.63) is 11.0 Å². The first kappa shape index (κ1) is 7.86. The maximum atomic E-state index is 10.7. The van der Waals surface area contributed by atoms with Crippen LogP contribution in [0.25, 0.3) is 0 Å². The van der Waals surface area contributed by atoms with E-state index in [9.17, 15) is 4.79 Å². The van der Waals surface area contributed by atoms with Crippen molar-refractivity contribution in [2.75, 3.05) is 5.75 Å². The van der Waals surface area contributed by atoms with Crippen LogP contribution in [0.2, 0.25) is 0 Å². The van der Waals surface area contributed by atoms with E-state index in [-0.39, 0.29) is 0 Å². The number of hydrogen-bond acceptors (Lipinski definition) is 2. The van der Waals surface area contributed by atoms with Crippen molar-refractivity contribution in [1.29, 1.82) is 0 Å². The molecule has 10 heavy (non-hydrogen) atoms. The SMILES string of the molecule is CCCSC1=CC(=O)CC1. The monoisotopic (exact) mass is 156 g/mol. The second-order valence-corrected chi connectivity index (χ2v) is 3.65. The van der Waals surface area contributed by atoms with Gasteiger partial charge in [-0.15, -0.1) is 11.8 Å². The maximum absolute atomic E-state index is 10.7. The summed E-state index contributed by atoms with van der Waals surface area (Å²) in [5.74, 6) is 1.46. The van der Waals surface area contributed by atoms with Gasteiger partial charge in [0.25, 0.3) is 0 Å². The van der Waals surface area contributed by atoms with Gasteiger partial charge in [0.05, 0.1) is 0 Å². The number of thioether (sulfide) groups is 1. The van der Waals surface area contributed by atoms with Crippen molar-refractivity contribution < 1.29 is 4.79 Å². The Morgan fingerprint density at radius 3 is 2.90 bits per heavy atom. The molecular weight excluding hydrogens is 144 g/mol. The van der Waals surface area contributed by atoms with Gasteiger partial charge < -0.3 is 0 Å².